The molecular weight excluding hydrogens is 731 g/mol. The molecule has 0 unspecified atom stereocenters. The maximum absolute atomic E-state index is 14.3. The summed E-state index contributed by atoms with van der Waals surface area (Å²) in [6.45, 7) is 4.56. The van der Waals surface area contributed by atoms with Crippen LogP contribution in [0.25, 0.3) is 74.8 Å². The molecule has 10 aromatic rings. The Hall–Kier alpha value is -6.85. The van der Waals surface area contributed by atoms with Crippen LogP contribution in [-0.4, -0.2) is 10.4 Å². The summed E-state index contributed by atoms with van der Waals surface area (Å²) in [6.07, 6.45) is 0. The van der Waals surface area contributed by atoms with Crippen molar-refractivity contribution in [1.29, 1.82) is 0 Å². The highest BCUT2D eigenvalue weighted by atomic mass is 32.1. The van der Waals surface area contributed by atoms with Gasteiger partial charge in [-0.15, -0.1) is 22.7 Å². The van der Waals surface area contributed by atoms with Crippen molar-refractivity contribution >= 4 is 55.8 Å². The summed E-state index contributed by atoms with van der Waals surface area (Å²) < 4.78 is 2.35. The first-order valence-electron chi connectivity index (χ1n) is 19.0. The zero-order chi connectivity index (χ0) is 38.3. The first-order valence-corrected chi connectivity index (χ1v) is 20.6. The van der Waals surface area contributed by atoms with Crippen molar-refractivity contribution in [2.24, 2.45) is 0 Å². The molecule has 0 saturated heterocycles. The Bertz CT molecular complexity index is 2880. The summed E-state index contributed by atoms with van der Waals surface area (Å²) in [7, 11) is 0. The molecule has 3 heterocycles. The van der Waals surface area contributed by atoms with Crippen molar-refractivity contribution in [3.05, 3.63) is 229 Å². The fourth-order valence-electron chi connectivity index (χ4n) is 7.71. The zero-order valence-electron chi connectivity index (χ0n) is 30.9. The van der Waals surface area contributed by atoms with Gasteiger partial charge in [0.15, 0.2) is 5.78 Å². The molecule has 3 aromatic heterocycles. The van der Waals surface area contributed by atoms with Gasteiger partial charge < -0.3 is 4.57 Å². The number of ketones is 1. The van der Waals surface area contributed by atoms with Gasteiger partial charge in [-0.3, -0.25) is 4.79 Å². The van der Waals surface area contributed by atoms with Crippen LogP contribution in [0.3, 0.4) is 0 Å². The number of fused-ring (bicyclic) bond motifs is 3. The number of nitrogens with zero attached hydrogens (tertiary/aromatic N) is 1. The molecule has 270 valence electrons. The molecule has 4 heteroatoms. The van der Waals surface area contributed by atoms with Crippen LogP contribution in [0, 0.1) is 0 Å². The van der Waals surface area contributed by atoms with Gasteiger partial charge in [-0.2, -0.15) is 0 Å². The molecule has 0 bridgehead atoms. The molecule has 0 saturated carbocycles. The molecule has 0 radical (unpaired) electrons. The minimum Gasteiger partial charge on any atom is -0.309 e. The van der Waals surface area contributed by atoms with Crippen LogP contribution in [-0.2, 0) is 0 Å². The highest BCUT2D eigenvalue weighted by Gasteiger charge is 2.20. The van der Waals surface area contributed by atoms with Crippen molar-refractivity contribution in [2.45, 2.75) is 0 Å². The lowest BCUT2D eigenvalue weighted by atomic mass is 9.94. The predicted octanol–water partition coefficient (Wildman–Crippen LogP) is 14.9. The smallest absolute Gasteiger partial charge is 0.193 e. The number of aromatic nitrogens is 1. The summed E-state index contributed by atoms with van der Waals surface area (Å²) in [6, 6.07) is 69.6. The normalized spacial score (nSPS) is 11.3. The van der Waals surface area contributed by atoms with Gasteiger partial charge >= 0.3 is 0 Å². The molecule has 0 N–H and O–H groups in total. The lowest BCUT2D eigenvalue weighted by Crippen LogP contribution is -2.05. The summed E-state index contributed by atoms with van der Waals surface area (Å²) in [5.74, 6) is -0.0271. The van der Waals surface area contributed by atoms with Crippen molar-refractivity contribution in [1.82, 2.24) is 4.57 Å². The van der Waals surface area contributed by atoms with Crippen LogP contribution < -0.4 is 0 Å². The van der Waals surface area contributed by atoms with E-state index in [1.54, 1.807) is 22.7 Å². The lowest BCUT2D eigenvalue weighted by Gasteiger charge is -2.15. The Morgan fingerprint density at radius 3 is 1.30 bits per heavy atom. The van der Waals surface area contributed by atoms with Crippen LogP contribution in [0.15, 0.2) is 207 Å². The lowest BCUT2D eigenvalue weighted by molar-refractivity contribution is 0.103. The van der Waals surface area contributed by atoms with Crippen LogP contribution in [0.4, 0.5) is 0 Å². The third-order valence-corrected chi connectivity index (χ3v) is 13.0. The van der Waals surface area contributed by atoms with E-state index in [1.165, 1.54) is 30.6 Å². The number of benzene rings is 7. The Morgan fingerprint density at radius 2 is 0.807 bits per heavy atom. The monoisotopic (exact) mass is 765 g/mol. The highest BCUT2D eigenvalue weighted by Crippen LogP contribution is 2.42. The Morgan fingerprint density at radius 1 is 0.386 bits per heavy atom. The maximum Gasteiger partial charge on any atom is 0.193 e. The molecule has 0 amide bonds. The number of hydrogen-bond donors (Lipinski definition) is 0. The average molecular weight is 766 g/mol. The van der Waals surface area contributed by atoms with Crippen LogP contribution in [0.5, 0.6) is 0 Å². The second-order valence-electron chi connectivity index (χ2n) is 14.2. The van der Waals surface area contributed by atoms with Gasteiger partial charge in [-0.25, -0.2) is 0 Å². The van der Waals surface area contributed by atoms with E-state index in [1.807, 2.05) is 60.7 Å². The number of thiophene rings is 2. The average Bonchev–Trinajstić information content (AvgIpc) is 4.05. The first-order chi connectivity index (χ1) is 28.1. The van der Waals surface area contributed by atoms with Gasteiger partial charge in [0.1, 0.15) is 0 Å². The topological polar surface area (TPSA) is 22.0 Å². The zero-order valence-corrected chi connectivity index (χ0v) is 32.6. The molecule has 0 fully saturated rings. The van der Waals surface area contributed by atoms with Gasteiger partial charge in [0.05, 0.1) is 11.0 Å². The van der Waals surface area contributed by atoms with E-state index >= 15 is 0 Å². The number of hydrogen-bond acceptors (Lipinski definition) is 3. The van der Waals surface area contributed by atoms with Gasteiger partial charge in [-0.05, 0) is 93.6 Å². The Labute approximate surface area is 339 Å². The number of carbonyl (C=O) groups is 1. The van der Waals surface area contributed by atoms with Crippen LogP contribution in [0.2, 0.25) is 0 Å². The van der Waals surface area contributed by atoms with Crippen LogP contribution >= 0.6 is 22.7 Å². The minimum atomic E-state index is -0.0271. The molecule has 0 spiro atoms. The Kier molecular flexibility index (Phi) is 8.91. The summed E-state index contributed by atoms with van der Waals surface area (Å²) in [5.41, 5.74) is 11.8. The third kappa shape index (κ3) is 6.55. The van der Waals surface area contributed by atoms with Gasteiger partial charge in [0.25, 0.3) is 0 Å². The van der Waals surface area contributed by atoms with Crippen LogP contribution in [0.1, 0.15) is 27.0 Å². The molecule has 0 aliphatic carbocycles. The fraction of sp³-hybridized carbons (Fsp3) is 0. The van der Waals surface area contributed by atoms with E-state index in [2.05, 4.69) is 151 Å². The molecule has 0 atom stereocenters. The largest absolute Gasteiger partial charge is 0.309 e. The van der Waals surface area contributed by atoms with Crippen molar-refractivity contribution in [2.75, 3.05) is 0 Å². The minimum absolute atomic E-state index is 0.0271. The summed E-state index contributed by atoms with van der Waals surface area (Å²) in [4.78, 5) is 19.2. The van der Waals surface area contributed by atoms with E-state index in [-0.39, 0.29) is 5.78 Å². The second kappa shape index (κ2) is 14.7. The van der Waals surface area contributed by atoms with E-state index in [4.69, 9.17) is 0 Å². The molecule has 57 heavy (non-hydrogen) atoms. The van der Waals surface area contributed by atoms with E-state index < -0.39 is 0 Å². The third-order valence-electron chi connectivity index (χ3n) is 10.6. The number of rotatable bonds is 9. The molecule has 10 rings (SSSR count). The quantitative estimate of drug-likeness (QED) is 0.134. The predicted molar refractivity (Wildman–Crippen MR) is 243 cm³/mol. The van der Waals surface area contributed by atoms with Gasteiger partial charge in [0, 0.05) is 47.1 Å². The van der Waals surface area contributed by atoms with Gasteiger partial charge in [-0.1, -0.05) is 152 Å². The molecular formula is C53H35NOS2. The molecule has 0 aliphatic rings. The first kappa shape index (κ1) is 34.6. The second-order valence-corrected chi connectivity index (χ2v) is 16.3. The van der Waals surface area contributed by atoms with E-state index in [9.17, 15) is 4.79 Å². The van der Waals surface area contributed by atoms with Gasteiger partial charge in [0.2, 0.25) is 0 Å². The van der Waals surface area contributed by atoms with Crippen molar-refractivity contribution in [3.8, 4) is 47.4 Å². The summed E-state index contributed by atoms with van der Waals surface area (Å²) in [5, 5.41) is 2.30. The van der Waals surface area contributed by atoms with Crippen molar-refractivity contribution in [3.63, 3.8) is 0 Å². The molecule has 7 aromatic carbocycles. The SMILES string of the molecule is C=C(c1ccccc1)c1cc(C(=O)c2ccccc2)cc(-n2c3cc(-c4ccc(-c5ccccc5)s4)ccc3c3ccc(-c4ccc(-c5ccccc5)s4)cc32)c1. The Balaban J connectivity index is 1.20. The van der Waals surface area contributed by atoms with E-state index in [0.29, 0.717) is 11.1 Å². The fourth-order valence-corrected chi connectivity index (χ4v) is 9.73. The number of carbonyl (C=O) groups excluding carboxylic acids is 1. The molecule has 0 aliphatic heterocycles. The van der Waals surface area contributed by atoms with E-state index in [0.717, 1.165) is 55.3 Å². The highest BCUT2D eigenvalue weighted by molar-refractivity contribution is 7.19. The maximum atomic E-state index is 14.3. The van der Waals surface area contributed by atoms with Crippen molar-refractivity contribution < 1.29 is 4.79 Å². The molecule has 2 nitrogen and oxygen atoms in total. The standard InChI is InChI=1S/C53H35NOS2/c1-35(36-14-6-2-7-15-36)42-30-43(53(55)39-20-12-5-13-21-39)32-44(31-42)54-47-33-40(51-28-26-49(56-51)37-16-8-3-9-17-37)22-24-45(47)46-25-23-41(34-48(46)54)52-29-27-50(57-52)38-18-10-4-11-19-38/h2-34H,1H2. The summed E-state index contributed by atoms with van der Waals surface area (Å²) >= 11 is 3.60.